The Morgan fingerprint density at radius 2 is 2.23 bits per heavy atom. The van der Waals surface area contributed by atoms with E-state index in [0.29, 0.717) is 11.6 Å². The number of rotatable bonds is 1. The maximum Gasteiger partial charge on any atom is 0.160 e. The van der Waals surface area contributed by atoms with E-state index in [4.69, 9.17) is 0 Å². The van der Waals surface area contributed by atoms with Crippen molar-refractivity contribution in [3.63, 3.8) is 0 Å². The van der Waals surface area contributed by atoms with Crippen LogP contribution in [0.25, 0.3) is 5.82 Å². The lowest BCUT2D eigenvalue weighted by Gasteiger charge is -2.00. The first-order chi connectivity index (χ1) is 6.25. The standard InChI is InChI=1S/C7H6BrN5/c1-5-11-6(8)2-7(12-5)13-4-9-3-10-13/h2-4H,1H3. The summed E-state index contributed by atoms with van der Waals surface area (Å²) >= 11 is 3.29. The van der Waals surface area contributed by atoms with Crippen LogP contribution in [0, 0.1) is 6.92 Å². The van der Waals surface area contributed by atoms with E-state index in [0.717, 1.165) is 4.60 Å². The summed E-state index contributed by atoms with van der Waals surface area (Å²) in [6, 6.07) is 1.78. The normalized spacial score (nSPS) is 10.3. The summed E-state index contributed by atoms with van der Waals surface area (Å²) in [5, 5.41) is 3.96. The van der Waals surface area contributed by atoms with Gasteiger partial charge in [0.2, 0.25) is 0 Å². The van der Waals surface area contributed by atoms with Gasteiger partial charge in [0.1, 0.15) is 23.1 Å². The van der Waals surface area contributed by atoms with Gasteiger partial charge in [-0.3, -0.25) is 0 Å². The summed E-state index contributed by atoms with van der Waals surface area (Å²) in [5.41, 5.74) is 0. The van der Waals surface area contributed by atoms with Crippen molar-refractivity contribution in [3.05, 3.63) is 29.1 Å². The molecule has 13 heavy (non-hydrogen) atoms. The summed E-state index contributed by atoms with van der Waals surface area (Å²) in [4.78, 5) is 12.1. The minimum absolute atomic E-state index is 0.694. The van der Waals surface area contributed by atoms with E-state index in [1.165, 1.54) is 6.33 Å². The highest BCUT2D eigenvalue weighted by Gasteiger charge is 2.01. The van der Waals surface area contributed by atoms with Gasteiger partial charge in [-0.1, -0.05) is 0 Å². The van der Waals surface area contributed by atoms with Gasteiger partial charge >= 0.3 is 0 Å². The second-order valence-electron chi connectivity index (χ2n) is 2.44. The number of hydrogen-bond donors (Lipinski definition) is 0. The summed E-state index contributed by atoms with van der Waals surface area (Å²) < 4.78 is 2.32. The molecule has 0 spiro atoms. The summed E-state index contributed by atoms with van der Waals surface area (Å²) in [7, 11) is 0. The molecule has 0 amide bonds. The molecule has 0 fully saturated rings. The molecule has 0 N–H and O–H groups in total. The molecule has 6 heteroatoms. The minimum Gasteiger partial charge on any atom is -0.226 e. The fourth-order valence-corrected chi connectivity index (χ4v) is 1.42. The van der Waals surface area contributed by atoms with Crippen LogP contribution in [0.5, 0.6) is 0 Å². The molecule has 0 aromatic carbocycles. The van der Waals surface area contributed by atoms with Gasteiger partial charge in [0.05, 0.1) is 0 Å². The van der Waals surface area contributed by atoms with E-state index in [1.807, 2.05) is 6.92 Å². The summed E-state index contributed by atoms with van der Waals surface area (Å²) in [6.45, 7) is 1.82. The third-order valence-corrected chi connectivity index (χ3v) is 1.85. The van der Waals surface area contributed by atoms with Gasteiger partial charge < -0.3 is 0 Å². The lowest BCUT2D eigenvalue weighted by Crippen LogP contribution is -2.00. The molecule has 2 aromatic heterocycles. The molecule has 2 heterocycles. The van der Waals surface area contributed by atoms with Crippen LogP contribution in [0.15, 0.2) is 23.3 Å². The van der Waals surface area contributed by atoms with E-state index in [2.05, 4.69) is 36.0 Å². The zero-order valence-electron chi connectivity index (χ0n) is 6.85. The Labute approximate surface area is 83.0 Å². The Morgan fingerprint density at radius 1 is 1.38 bits per heavy atom. The van der Waals surface area contributed by atoms with Gasteiger partial charge in [0, 0.05) is 6.07 Å². The van der Waals surface area contributed by atoms with E-state index in [1.54, 1.807) is 17.1 Å². The van der Waals surface area contributed by atoms with Crippen molar-refractivity contribution in [2.45, 2.75) is 6.92 Å². The predicted octanol–water partition coefficient (Wildman–Crippen LogP) is 1.13. The van der Waals surface area contributed by atoms with Crippen LogP contribution in [0.4, 0.5) is 0 Å². The van der Waals surface area contributed by atoms with Gasteiger partial charge in [0.15, 0.2) is 5.82 Å². The smallest absolute Gasteiger partial charge is 0.160 e. The minimum atomic E-state index is 0.694. The van der Waals surface area contributed by atoms with Crippen molar-refractivity contribution >= 4 is 15.9 Å². The highest BCUT2D eigenvalue weighted by atomic mass is 79.9. The van der Waals surface area contributed by atoms with Gasteiger partial charge in [-0.2, -0.15) is 5.10 Å². The molecule has 5 nitrogen and oxygen atoms in total. The van der Waals surface area contributed by atoms with Crippen LogP contribution < -0.4 is 0 Å². The molecular formula is C7H6BrN5. The molecule has 0 unspecified atom stereocenters. The highest BCUT2D eigenvalue weighted by Crippen LogP contribution is 2.10. The highest BCUT2D eigenvalue weighted by molar-refractivity contribution is 9.10. The average Bonchev–Trinajstić information content (AvgIpc) is 2.53. The predicted molar refractivity (Wildman–Crippen MR) is 49.4 cm³/mol. The molecule has 2 aromatic rings. The Bertz CT molecular complexity index is 391. The van der Waals surface area contributed by atoms with E-state index >= 15 is 0 Å². The Hall–Kier alpha value is -1.30. The average molecular weight is 240 g/mol. The molecule has 66 valence electrons. The SMILES string of the molecule is Cc1nc(Br)cc(-n2cncn2)n1. The molecule has 0 saturated heterocycles. The zero-order chi connectivity index (χ0) is 9.26. The van der Waals surface area contributed by atoms with Crippen LogP contribution in [0.1, 0.15) is 5.82 Å². The van der Waals surface area contributed by atoms with Crippen molar-refractivity contribution < 1.29 is 0 Å². The molecule has 0 aliphatic carbocycles. The number of aromatic nitrogens is 5. The fraction of sp³-hybridized carbons (Fsp3) is 0.143. The maximum atomic E-state index is 4.20. The second-order valence-corrected chi connectivity index (χ2v) is 3.25. The van der Waals surface area contributed by atoms with E-state index in [9.17, 15) is 0 Å². The van der Waals surface area contributed by atoms with Crippen LogP contribution in [0.3, 0.4) is 0 Å². The fourth-order valence-electron chi connectivity index (χ4n) is 0.960. The summed E-state index contributed by atoms with van der Waals surface area (Å²) in [5.74, 6) is 1.40. The first-order valence-corrected chi connectivity index (χ1v) is 4.41. The van der Waals surface area contributed by atoms with Gasteiger partial charge in [0.25, 0.3) is 0 Å². The monoisotopic (exact) mass is 239 g/mol. The van der Waals surface area contributed by atoms with E-state index < -0.39 is 0 Å². The molecule has 2 rings (SSSR count). The Balaban J connectivity index is 2.53. The molecule has 0 atom stereocenters. The topological polar surface area (TPSA) is 56.5 Å². The van der Waals surface area contributed by atoms with Crippen molar-refractivity contribution in [2.24, 2.45) is 0 Å². The largest absolute Gasteiger partial charge is 0.226 e. The molecule has 0 bridgehead atoms. The molecule has 0 aliphatic rings. The number of halogens is 1. The molecule has 0 saturated carbocycles. The van der Waals surface area contributed by atoms with Gasteiger partial charge in [-0.25, -0.2) is 19.6 Å². The van der Waals surface area contributed by atoms with Crippen molar-refractivity contribution in [1.29, 1.82) is 0 Å². The maximum absolute atomic E-state index is 4.20. The third-order valence-electron chi connectivity index (χ3n) is 1.45. The first-order valence-electron chi connectivity index (χ1n) is 3.62. The van der Waals surface area contributed by atoms with Crippen molar-refractivity contribution in [2.75, 3.05) is 0 Å². The lowest BCUT2D eigenvalue weighted by atomic mass is 10.5. The lowest BCUT2D eigenvalue weighted by molar-refractivity contribution is 0.823. The van der Waals surface area contributed by atoms with E-state index in [-0.39, 0.29) is 0 Å². The number of aryl methyl sites for hydroxylation is 1. The molecular weight excluding hydrogens is 234 g/mol. The Kier molecular flexibility index (Phi) is 2.05. The quantitative estimate of drug-likeness (QED) is 0.701. The van der Waals surface area contributed by atoms with Gasteiger partial charge in [-0.15, -0.1) is 0 Å². The van der Waals surface area contributed by atoms with Crippen LogP contribution in [0.2, 0.25) is 0 Å². The zero-order valence-corrected chi connectivity index (χ0v) is 8.43. The Morgan fingerprint density at radius 3 is 2.85 bits per heavy atom. The number of hydrogen-bond acceptors (Lipinski definition) is 4. The van der Waals surface area contributed by atoms with Crippen LogP contribution in [-0.2, 0) is 0 Å². The van der Waals surface area contributed by atoms with Crippen molar-refractivity contribution in [1.82, 2.24) is 24.7 Å². The number of nitrogens with zero attached hydrogens (tertiary/aromatic N) is 5. The van der Waals surface area contributed by atoms with Crippen LogP contribution in [-0.4, -0.2) is 24.7 Å². The van der Waals surface area contributed by atoms with Crippen molar-refractivity contribution in [3.8, 4) is 5.82 Å². The molecule has 0 radical (unpaired) electrons. The van der Waals surface area contributed by atoms with Crippen LogP contribution >= 0.6 is 15.9 Å². The first kappa shape index (κ1) is 8.31. The summed E-state index contributed by atoms with van der Waals surface area (Å²) in [6.07, 6.45) is 3.06. The second kappa shape index (κ2) is 3.21. The van der Waals surface area contributed by atoms with Gasteiger partial charge in [-0.05, 0) is 22.9 Å². The third kappa shape index (κ3) is 1.72. The molecule has 0 aliphatic heterocycles.